The molecule has 1 aliphatic rings. The fourth-order valence-corrected chi connectivity index (χ4v) is 4.48. The largest absolute Gasteiger partial charge is 0.390 e. The molecule has 5 nitrogen and oxygen atoms in total. The third-order valence-electron chi connectivity index (χ3n) is 5.35. The van der Waals surface area contributed by atoms with Crippen LogP contribution in [0.3, 0.4) is 0 Å². The summed E-state index contributed by atoms with van der Waals surface area (Å²) >= 11 is 1.60. The lowest BCUT2D eigenvalue weighted by molar-refractivity contribution is 0.0769. The lowest BCUT2D eigenvalue weighted by atomic mass is 9.99. The number of rotatable bonds is 5. The Kier molecular flexibility index (Phi) is 5.38. The molecule has 1 unspecified atom stereocenters. The summed E-state index contributed by atoms with van der Waals surface area (Å²) in [4.78, 5) is 16.2. The van der Waals surface area contributed by atoms with E-state index in [1.54, 1.807) is 11.3 Å². The first-order valence-corrected chi connectivity index (χ1v) is 10.4. The standard InChI is InChI=1S/C21H25N3O2S/c1-15-8-10-23(11-9-15)13-16(25)14-24-21(26)18-6-3-2-5-17(18)20(22-24)19-7-4-12-27-19/h2-7,12,15-16,25H,8-11,13-14H2,1H3. The molecule has 27 heavy (non-hydrogen) atoms. The molecule has 0 radical (unpaired) electrons. The predicted molar refractivity (Wildman–Crippen MR) is 110 cm³/mol. The molecular weight excluding hydrogens is 358 g/mol. The summed E-state index contributed by atoms with van der Waals surface area (Å²) in [5.41, 5.74) is 0.663. The number of piperidine rings is 1. The number of nitrogens with zero attached hydrogens (tertiary/aromatic N) is 3. The number of β-amino-alcohol motifs (C(OH)–C–C–N with tert-alkyl or cyclic N) is 1. The topological polar surface area (TPSA) is 58.4 Å². The third-order valence-corrected chi connectivity index (χ3v) is 6.23. The van der Waals surface area contributed by atoms with Crippen molar-refractivity contribution in [2.75, 3.05) is 19.6 Å². The summed E-state index contributed by atoms with van der Waals surface area (Å²) in [5.74, 6) is 0.761. The van der Waals surface area contributed by atoms with Crippen LogP contribution in [0.25, 0.3) is 21.3 Å². The molecule has 1 atom stereocenters. The van der Waals surface area contributed by atoms with Gasteiger partial charge in [-0.15, -0.1) is 11.3 Å². The Labute approximate surface area is 162 Å². The van der Waals surface area contributed by atoms with Crippen LogP contribution in [0, 0.1) is 5.92 Å². The Bertz CT molecular complexity index is 959. The Balaban J connectivity index is 1.62. The highest BCUT2D eigenvalue weighted by Crippen LogP contribution is 2.28. The number of aromatic nitrogens is 2. The molecule has 4 rings (SSSR count). The van der Waals surface area contributed by atoms with Crippen molar-refractivity contribution in [3.8, 4) is 10.6 Å². The average molecular weight is 384 g/mol. The number of fused-ring (bicyclic) bond motifs is 1. The lowest BCUT2D eigenvalue weighted by Crippen LogP contribution is -2.41. The van der Waals surface area contributed by atoms with Gasteiger partial charge in [-0.1, -0.05) is 31.2 Å². The number of benzene rings is 1. The van der Waals surface area contributed by atoms with E-state index < -0.39 is 6.10 Å². The van der Waals surface area contributed by atoms with Gasteiger partial charge in [0.2, 0.25) is 0 Å². The van der Waals surface area contributed by atoms with E-state index in [0.717, 1.165) is 35.0 Å². The molecule has 6 heteroatoms. The Hall–Kier alpha value is -2.02. The van der Waals surface area contributed by atoms with E-state index in [-0.39, 0.29) is 12.1 Å². The van der Waals surface area contributed by atoms with Crippen molar-refractivity contribution in [1.29, 1.82) is 0 Å². The summed E-state index contributed by atoms with van der Waals surface area (Å²) in [5, 5.41) is 18.7. The molecule has 1 saturated heterocycles. The smallest absolute Gasteiger partial charge is 0.274 e. The fourth-order valence-electron chi connectivity index (χ4n) is 3.75. The number of hydrogen-bond acceptors (Lipinski definition) is 5. The summed E-state index contributed by atoms with van der Waals surface area (Å²) in [6.45, 7) is 5.10. The van der Waals surface area contributed by atoms with Gasteiger partial charge in [-0.2, -0.15) is 5.10 Å². The van der Waals surface area contributed by atoms with Gasteiger partial charge in [0.25, 0.3) is 5.56 Å². The van der Waals surface area contributed by atoms with Crippen molar-refractivity contribution >= 4 is 22.1 Å². The van der Waals surface area contributed by atoms with Gasteiger partial charge >= 0.3 is 0 Å². The van der Waals surface area contributed by atoms with Crippen LogP contribution >= 0.6 is 11.3 Å². The zero-order chi connectivity index (χ0) is 18.8. The Morgan fingerprint density at radius 1 is 1.15 bits per heavy atom. The maximum absolute atomic E-state index is 12.9. The monoisotopic (exact) mass is 383 g/mol. The van der Waals surface area contributed by atoms with E-state index in [2.05, 4.69) is 16.9 Å². The first kappa shape index (κ1) is 18.3. The summed E-state index contributed by atoms with van der Waals surface area (Å²) in [6.07, 6.45) is 1.73. The highest BCUT2D eigenvalue weighted by Gasteiger charge is 2.20. The highest BCUT2D eigenvalue weighted by atomic mass is 32.1. The molecule has 142 valence electrons. The minimum absolute atomic E-state index is 0.141. The fraction of sp³-hybridized carbons (Fsp3) is 0.429. The van der Waals surface area contributed by atoms with Gasteiger partial charge in [0.1, 0.15) is 5.69 Å². The van der Waals surface area contributed by atoms with Crippen molar-refractivity contribution in [2.24, 2.45) is 5.92 Å². The van der Waals surface area contributed by atoms with E-state index in [1.807, 2.05) is 41.8 Å². The van der Waals surface area contributed by atoms with Crippen LogP contribution in [0.2, 0.25) is 0 Å². The van der Waals surface area contributed by atoms with Gasteiger partial charge in [0, 0.05) is 11.9 Å². The van der Waals surface area contributed by atoms with Crippen molar-refractivity contribution in [3.63, 3.8) is 0 Å². The van der Waals surface area contributed by atoms with E-state index in [9.17, 15) is 9.90 Å². The van der Waals surface area contributed by atoms with Crippen LogP contribution < -0.4 is 5.56 Å². The molecule has 1 N–H and O–H groups in total. The normalized spacial score (nSPS) is 17.4. The number of thiophene rings is 1. The molecular formula is C21H25N3O2S. The second-order valence-corrected chi connectivity index (χ2v) is 8.44. The molecule has 1 fully saturated rings. The quantitative estimate of drug-likeness (QED) is 0.735. The second-order valence-electron chi connectivity index (χ2n) is 7.50. The maximum Gasteiger partial charge on any atom is 0.274 e. The second kappa shape index (κ2) is 7.92. The van der Waals surface area contributed by atoms with Crippen LogP contribution in [-0.2, 0) is 6.54 Å². The van der Waals surface area contributed by atoms with Crippen molar-refractivity contribution in [2.45, 2.75) is 32.4 Å². The number of likely N-dealkylation sites (tertiary alicyclic amines) is 1. The van der Waals surface area contributed by atoms with E-state index in [1.165, 1.54) is 17.5 Å². The zero-order valence-electron chi connectivity index (χ0n) is 15.5. The van der Waals surface area contributed by atoms with E-state index in [4.69, 9.17) is 0 Å². The van der Waals surface area contributed by atoms with Gasteiger partial charge in [-0.25, -0.2) is 4.68 Å². The van der Waals surface area contributed by atoms with Crippen LogP contribution in [0.1, 0.15) is 19.8 Å². The summed E-state index contributed by atoms with van der Waals surface area (Å²) in [7, 11) is 0. The molecule has 0 amide bonds. The highest BCUT2D eigenvalue weighted by molar-refractivity contribution is 7.13. The van der Waals surface area contributed by atoms with E-state index >= 15 is 0 Å². The van der Waals surface area contributed by atoms with Crippen LogP contribution in [0.4, 0.5) is 0 Å². The lowest BCUT2D eigenvalue weighted by Gasteiger charge is -2.31. The van der Waals surface area contributed by atoms with Crippen molar-refractivity contribution in [3.05, 3.63) is 52.1 Å². The number of hydrogen-bond donors (Lipinski definition) is 1. The van der Waals surface area contributed by atoms with Gasteiger partial charge < -0.3 is 10.0 Å². The number of aliphatic hydroxyl groups excluding tert-OH is 1. The molecule has 1 aromatic carbocycles. The minimum atomic E-state index is -0.610. The van der Waals surface area contributed by atoms with Crippen LogP contribution in [0.5, 0.6) is 0 Å². The third kappa shape index (κ3) is 3.98. The molecule has 3 heterocycles. The molecule has 2 aromatic heterocycles. The first-order valence-electron chi connectivity index (χ1n) is 9.56. The summed E-state index contributed by atoms with van der Waals surface area (Å²) < 4.78 is 1.44. The number of aliphatic hydroxyl groups is 1. The van der Waals surface area contributed by atoms with Crippen molar-refractivity contribution < 1.29 is 5.11 Å². The first-order chi connectivity index (χ1) is 13.1. The Morgan fingerprint density at radius 3 is 2.59 bits per heavy atom. The zero-order valence-corrected chi connectivity index (χ0v) is 16.4. The molecule has 0 bridgehead atoms. The minimum Gasteiger partial charge on any atom is -0.390 e. The maximum atomic E-state index is 12.9. The van der Waals surface area contributed by atoms with E-state index in [0.29, 0.717) is 11.9 Å². The van der Waals surface area contributed by atoms with Crippen molar-refractivity contribution in [1.82, 2.24) is 14.7 Å². The van der Waals surface area contributed by atoms with Crippen LogP contribution in [-0.4, -0.2) is 45.5 Å². The molecule has 3 aromatic rings. The van der Waals surface area contributed by atoms with Gasteiger partial charge in [-0.05, 0) is 49.4 Å². The Morgan fingerprint density at radius 2 is 1.89 bits per heavy atom. The molecule has 1 aliphatic heterocycles. The predicted octanol–water partition coefficient (Wildman–Crippen LogP) is 3.22. The van der Waals surface area contributed by atoms with Crippen LogP contribution in [0.15, 0.2) is 46.6 Å². The average Bonchev–Trinajstić information content (AvgIpc) is 3.20. The molecule has 0 saturated carbocycles. The summed E-state index contributed by atoms with van der Waals surface area (Å²) in [6, 6.07) is 11.6. The van der Waals surface area contributed by atoms with Gasteiger partial charge in [0.05, 0.1) is 22.9 Å². The molecule has 0 aliphatic carbocycles. The van der Waals surface area contributed by atoms with Gasteiger partial charge in [0.15, 0.2) is 0 Å². The SMILES string of the molecule is CC1CCN(CC(O)Cn2nc(-c3cccs3)c3ccccc3c2=O)CC1. The van der Waals surface area contributed by atoms with Gasteiger partial charge in [-0.3, -0.25) is 4.79 Å². The molecule has 0 spiro atoms.